The van der Waals surface area contributed by atoms with E-state index in [1.54, 1.807) is 34.9 Å². The molecular weight excluding hydrogens is 410 g/mol. The van der Waals surface area contributed by atoms with Gasteiger partial charge in [-0.25, -0.2) is 4.79 Å². The lowest BCUT2D eigenvalue weighted by atomic mass is 10.0. The number of carbonyl (C=O) groups excluding carboxylic acids is 3. The van der Waals surface area contributed by atoms with Crippen LogP contribution in [0.2, 0.25) is 0 Å². The second-order valence-corrected chi connectivity index (χ2v) is 9.95. The predicted octanol–water partition coefficient (Wildman–Crippen LogP) is 2.90. The van der Waals surface area contributed by atoms with Crippen LogP contribution in [0.3, 0.4) is 0 Å². The average Bonchev–Trinajstić information content (AvgIpc) is 2.63. The van der Waals surface area contributed by atoms with Crippen molar-refractivity contribution in [3.63, 3.8) is 0 Å². The lowest BCUT2D eigenvalue weighted by Gasteiger charge is -2.27. The number of alkyl carbamates (subject to hydrolysis) is 1. The van der Waals surface area contributed by atoms with Crippen LogP contribution in [0.5, 0.6) is 0 Å². The van der Waals surface area contributed by atoms with Crippen LogP contribution in [0.1, 0.15) is 53.5 Å². The summed E-state index contributed by atoms with van der Waals surface area (Å²) in [6.45, 7) is 11.0. The molecule has 1 rings (SSSR count). The van der Waals surface area contributed by atoms with E-state index in [1.165, 1.54) is 4.90 Å². The van der Waals surface area contributed by atoms with Crippen molar-refractivity contribution in [1.29, 1.82) is 0 Å². The summed E-state index contributed by atoms with van der Waals surface area (Å²) < 4.78 is 10.9. The highest BCUT2D eigenvalue weighted by atomic mass is 16.6. The minimum atomic E-state index is -0.789. The fourth-order valence-electron chi connectivity index (χ4n) is 2.88. The van der Waals surface area contributed by atoms with Crippen LogP contribution in [0.4, 0.5) is 4.79 Å². The second-order valence-electron chi connectivity index (χ2n) is 9.95. The zero-order chi connectivity index (χ0) is 24.5. The van der Waals surface area contributed by atoms with Crippen molar-refractivity contribution in [3.05, 3.63) is 35.9 Å². The summed E-state index contributed by atoms with van der Waals surface area (Å²) in [6.07, 6.45) is 0.0667. The van der Waals surface area contributed by atoms with Gasteiger partial charge in [0.15, 0.2) is 0 Å². The molecule has 0 unspecified atom stereocenters. The predicted molar refractivity (Wildman–Crippen MR) is 124 cm³/mol. The number of nitrogens with zero attached hydrogens (tertiary/aromatic N) is 1. The van der Waals surface area contributed by atoms with Crippen LogP contribution in [-0.4, -0.2) is 66.8 Å². The van der Waals surface area contributed by atoms with Gasteiger partial charge in [-0.05, 0) is 66.5 Å². The van der Waals surface area contributed by atoms with E-state index in [1.807, 2.05) is 51.1 Å². The Bertz CT molecular complexity index is 751. The maximum Gasteiger partial charge on any atom is 0.408 e. The van der Waals surface area contributed by atoms with Crippen LogP contribution >= 0.6 is 0 Å². The van der Waals surface area contributed by atoms with E-state index in [-0.39, 0.29) is 18.3 Å². The van der Waals surface area contributed by atoms with Crippen molar-refractivity contribution >= 4 is 18.0 Å². The minimum Gasteiger partial charge on any atom is -0.459 e. The summed E-state index contributed by atoms with van der Waals surface area (Å²) in [5, 5.41) is 5.84. The zero-order valence-corrected chi connectivity index (χ0v) is 20.7. The van der Waals surface area contributed by atoms with Crippen LogP contribution < -0.4 is 10.6 Å². The van der Waals surface area contributed by atoms with Crippen molar-refractivity contribution in [2.24, 2.45) is 0 Å². The van der Waals surface area contributed by atoms with Crippen molar-refractivity contribution in [3.8, 4) is 0 Å². The SMILES string of the molecule is CN(C)C(=O)[C@H](CCN[C@H](Cc1ccccc1)C(=O)OC(C)(C)C)NC(=O)OC(C)(C)C. The van der Waals surface area contributed by atoms with Crippen LogP contribution in [-0.2, 0) is 25.5 Å². The standard InChI is InChI=1S/C24H39N3O5/c1-23(2,3)31-21(29)19(16-17-12-10-9-11-13-17)25-15-14-18(20(28)27(7)8)26-22(30)32-24(4,5)6/h9-13,18-19,25H,14-16H2,1-8H3,(H,26,30)/t18-,19+/m0/s1. The number of likely N-dealkylation sites (N-methyl/N-ethyl adjacent to an activating group) is 1. The molecule has 0 heterocycles. The van der Waals surface area contributed by atoms with Crippen LogP contribution in [0.25, 0.3) is 0 Å². The largest absolute Gasteiger partial charge is 0.459 e. The van der Waals surface area contributed by atoms with Gasteiger partial charge in [0, 0.05) is 14.1 Å². The third-order valence-electron chi connectivity index (χ3n) is 4.23. The van der Waals surface area contributed by atoms with Crippen molar-refractivity contribution < 1.29 is 23.9 Å². The van der Waals surface area contributed by atoms with Gasteiger partial charge in [-0.2, -0.15) is 0 Å². The monoisotopic (exact) mass is 449 g/mol. The first-order valence-electron chi connectivity index (χ1n) is 10.9. The van der Waals surface area contributed by atoms with Gasteiger partial charge in [0.2, 0.25) is 5.91 Å². The fraction of sp³-hybridized carbons (Fsp3) is 0.625. The lowest BCUT2D eigenvalue weighted by molar-refractivity contribution is -0.157. The Morgan fingerprint density at radius 3 is 1.97 bits per heavy atom. The van der Waals surface area contributed by atoms with Gasteiger partial charge >= 0.3 is 12.1 Å². The number of hydrogen-bond acceptors (Lipinski definition) is 6. The fourth-order valence-corrected chi connectivity index (χ4v) is 2.88. The number of carbonyl (C=O) groups is 3. The Hall–Kier alpha value is -2.61. The van der Waals surface area contributed by atoms with Crippen molar-refractivity contribution in [2.45, 2.75) is 77.7 Å². The van der Waals surface area contributed by atoms with Gasteiger partial charge in [-0.3, -0.25) is 9.59 Å². The molecule has 0 saturated heterocycles. The first-order chi connectivity index (χ1) is 14.7. The topological polar surface area (TPSA) is 97.0 Å². The van der Waals surface area contributed by atoms with E-state index in [2.05, 4.69) is 10.6 Å². The smallest absolute Gasteiger partial charge is 0.408 e. The molecular formula is C24H39N3O5. The molecule has 8 heteroatoms. The van der Waals surface area contributed by atoms with Gasteiger partial charge in [0.05, 0.1) is 0 Å². The summed E-state index contributed by atoms with van der Waals surface area (Å²) in [5.41, 5.74) is -0.301. The molecule has 180 valence electrons. The Labute approximate surface area is 192 Å². The number of amides is 2. The van der Waals surface area contributed by atoms with E-state index in [9.17, 15) is 14.4 Å². The van der Waals surface area contributed by atoms with Gasteiger partial charge in [0.1, 0.15) is 23.3 Å². The van der Waals surface area contributed by atoms with Gasteiger partial charge in [0.25, 0.3) is 0 Å². The zero-order valence-electron chi connectivity index (χ0n) is 20.7. The van der Waals surface area contributed by atoms with Gasteiger partial charge in [-0.15, -0.1) is 0 Å². The van der Waals surface area contributed by atoms with E-state index >= 15 is 0 Å². The average molecular weight is 450 g/mol. The Balaban J connectivity index is 2.85. The quantitative estimate of drug-likeness (QED) is 0.563. The Morgan fingerprint density at radius 1 is 0.906 bits per heavy atom. The van der Waals surface area contributed by atoms with Crippen LogP contribution in [0.15, 0.2) is 30.3 Å². The summed E-state index contributed by atoms with van der Waals surface area (Å²) in [6, 6.07) is 8.26. The van der Waals surface area contributed by atoms with Gasteiger partial charge in [-0.1, -0.05) is 30.3 Å². The lowest BCUT2D eigenvalue weighted by Crippen LogP contribution is -2.50. The molecule has 0 aliphatic heterocycles. The Morgan fingerprint density at radius 2 is 1.47 bits per heavy atom. The highest BCUT2D eigenvalue weighted by Gasteiger charge is 2.28. The first-order valence-corrected chi connectivity index (χ1v) is 10.9. The molecule has 2 amide bonds. The maximum atomic E-state index is 12.8. The molecule has 8 nitrogen and oxygen atoms in total. The van der Waals surface area contributed by atoms with Crippen molar-refractivity contribution in [2.75, 3.05) is 20.6 Å². The molecule has 0 aliphatic rings. The highest BCUT2D eigenvalue weighted by molar-refractivity contribution is 5.85. The number of hydrogen-bond donors (Lipinski definition) is 2. The summed E-state index contributed by atoms with van der Waals surface area (Å²) >= 11 is 0. The number of rotatable bonds is 9. The molecule has 0 spiro atoms. The Kier molecular flexibility index (Phi) is 10.2. The molecule has 32 heavy (non-hydrogen) atoms. The van der Waals surface area contributed by atoms with E-state index in [0.29, 0.717) is 13.0 Å². The molecule has 0 aromatic heterocycles. The number of nitrogens with one attached hydrogen (secondary N) is 2. The third-order valence-corrected chi connectivity index (χ3v) is 4.23. The molecule has 0 fully saturated rings. The summed E-state index contributed by atoms with van der Waals surface area (Å²) in [4.78, 5) is 38.9. The van der Waals surface area contributed by atoms with Crippen molar-refractivity contribution in [1.82, 2.24) is 15.5 Å². The molecule has 0 radical (unpaired) electrons. The molecule has 0 saturated carbocycles. The second kappa shape index (κ2) is 11.9. The van der Waals surface area contributed by atoms with E-state index in [0.717, 1.165) is 5.56 Å². The number of esters is 1. The number of benzene rings is 1. The minimum absolute atomic E-state index is 0.255. The highest BCUT2D eigenvalue weighted by Crippen LogP contribution is 2.12. The van der Waals surface area contributed by atoms with E-state index < -0.39 is 29.4 Å². The van der Waals surface area contributed by atoms with Gasteiger partial charge < -0.3 is 25.0 Å². The molecule has 1 aromatic carbocycles. The molecule has 0 bridgehead atoms. The third kappa shape index (κ3) is 11.1. The first kappa shape index (κ1) is 27.4. The number of ether oxygens (including phenoxy) is 2. The maximum absolute atomic E-state index is 12.8. The summed E-state index contributed by atoms with van der Waals surface area (Å²) in [5.74, 6) is -0.619. The molecule has 0 aliphatic carbocycles. The molecule has 2 atom stereocenters. The van der Waals surface area contributed by atoms with Crippen LogP contribution in [0, 0.1) is 0 Å². The normalized spacial score (nSPS) is 13.6. The van der Waals surface area contributed by atoms with E-state index in [4.69, 9.17) is 9.47 Å². The summed E-state index contributed by atoms with van der Waals surface area (Å²) in [7, 11) is 3.25. The molecule has 1 aromatic rings. The molecule has 2 N–H and O–H groups in total.